The van der Waals surface area contributed by atoms with Gasteiger partial charge in [0, 0.05) is 17.5 Å². The summed E-state index contributed by atoms with van der Waals surface area (Å²) in [7, 11) is 0. The van der Waals surface area contributed by atoms with Gasteiger partial charge in [-0.1, -0.05) is 26.0 Å². The fourth-order valence-electron chi connectivity index (χ4n) is 2.48. The molecular formula is C12H15NO3. The highest BCUT2D eigenvalue weighted by Crippen LogP contribution is 2.64. The average Bonchev–Trinajstić information content (AvgIpc) is 2.82. The van der Waals surface area contributed by atoms with Gasteiger partial charge in [0.1, 0.15) is 0 Å². The van der Waals surface area contributed by atoms with Gasteiger partial charge in [0.25, 0.3) is 5.69 Å². The summed E-state index contributed by atoms with van der Waals surface area (Å²) in [6.45, 7) is 4.19. The van der Waals surface area contributed by atoms with E-state index in [2.05, 4.69) is 13.8 Å². The highest BCUT2D eigenvalue weighted by Gasteiger charge is 2.61. The van der Waals surface area contributed by atoms with Crippen molar-refractivity contribution in [1.29, 1.82) is 0 Å². The van der Waals surface area contributed by atoms with Crippen LogP contribution in [0.3, 0.4) is 0 Å². The van der Waals surface area contributed by atoms with Gasteiger partial charge in [-0.25, -0.2) is 0 Å². The molecule has 0 bridgehead atoms. The van der Waals surface area contributed by atoms with Crippen LogP contribution < -0.4 is 0 Å². The minimum absolute atomic E-state index is 0.0248. The van der Waals surface area contributed by atoms with Crippen LogP contribution >= 0.6 is 0 Å². The van der Waals surface area contributed by atoms with Gasteiger partial charge < -0.3 is 5.11 Å². The van der Waals surface area contributed by atoms with Gasteiger partial charge in [0.15, 0.2) is 0 Å². The minimum atomic E-state index is -0.399. The average molecular weight is 221 g/mol. The monoisotopic (exact) mass is 221 g/mol. The molecule has 4 nitrogen and oxygen atoms in total. The van der Waals surface area contributed by atoms with Crippen molar-refractivity contribution in [2.75, 3.05) is 6.61 Å². The van der Waals surface area contributed by atoms with E-state index in [-0.39, 0.29) is 23.1 Å². The zero-order valence-electron chi connectivity index (χ0n) is 9.43. The summed E-state index contributed by atoms with van der Waals surface area (Å²) in [5, 5.41) is 20.2. The molecule has 0 radical (unpaired) electrons. The van der Waals surface area contributed by atoms with Crippen molar-refractivity contribution >= 4 is 5.69 Å². The fraction of sp³-hybridized carbons (Fsp3) is 0.500. The molecule has 0 aromatic heterocycles. The summed E-state index contributed by atoms with van der Waals surface area (Å²) in [6.07, 6.45) is 0.873. The van der Waals surface area contributed by atoms with Crippen LogP contribution in [0, 0.1) is 15.5 Å². The van der Waals surface area contributed by atoms with Crippen molar-refractivity contribution < 1.29 is 10.0 Å². The second-order valence-corrected chi connectivity index (χ2v) is 5.11. The van der Waals surface area contributed by atoms with Gasteiger partial charge in [-0.05, 0) is 17.4 Å². The lowest BCUT2D eigenvalue weighted by Gasteiger charge is -2.17. The summed E-state index contributed by atoms with van der Waals surface area (Å²) in [4.78, 5) is 10.3. The maximum atomic E-state index is 10.7. The van der Waals surface area contributed by atoms with E-state index in [4.69, 9.17) is 0 Å². The van der Waals surface area contributed by atoms with Crippen molar-refractivity contribution in [2.45, 2.75) is 25.7 Å². The molecule has 2 rings (SSSR count). The Morgan fingerprint density at radius 1 is 1.50 bits per heavy atom. The molecular weight excluding hydrogens is 206 g/mol. The second kappa shape index (κ2) is 3.28. The highest BCUT2D eigenvalue weighted by molar-refractivity contribution is 5.44. The van der Waals surface area contributed by atoms with Gasteiger partial charge in [0.2, 0.25) is 0 Å². The zero-order valence-corrected chi connectivity index (χ0v) is 9.43. The van der Waals surface area contributed by atoms with Crippen molar-refractivity contribution in [3.63, 3.8) is 0 Å². The zero-order chi connectivity index (χ0) is 12.0. The van der Waals surface area contributed by atoms with E-state index >= 15 is 0 Å². The number of nitrogens with zero attached hydrogens (tertiary/aromatic N) is 1. The van der Waals surface area contributed by atoms with E-state index in [0.717, 1.165) is 12.0 Å². The second-order valence-electron chi connectivity index (χ2n) is 5.11. The van der Waals surface area contributed by atoms with E-state index in [1.165, 1.54) is 6.07 Å². The molecule has 1 unspecified atom stereocenters. The van der Waals surface area contributed by atoms with Crippen LogP contribution in [-0.2, 0) is 5.41 Å². The molecule has 1 aliphatic rings. The van der Waals surface area contributed by atoms with Gasteiger partial charge in [0.05, 0.1) is 11.5 Å². The number of nitro groups is 1. The lowest BCUT2D eigenvalue weighted by atomic mass is 9.88. The van der Waals surface area contributed by atoms with E-state index in [0.29, 0.717) is 0 Å². The summed E-state index contributed by atoms with van der Waals surface area (Å²) < 4.78 is 0. The maximum Gasteiger partial charge on any atom is 0.269 e. The Morgan fingerprint density at radius 3 is 2.56 bits per heavy atom. The van der Waals surface area contributed by atoms with Crippen molar-refractivity contribution in [1.82, 2.24) is 0 Å². The number of non-ortho nitro benzene ring substituents is 1. The SMILES string of the molecule is CC1(C)CC1(CO)c1cccc([N+](=O)[O-])c1. The van der Waals surface area contributed by atoms with Crippen LogP contribution in [0.1, 0.15) is 25.8 Å². The minimum Gasteiger partial charge on any atom is -0.395 e. The maximum absolute atomic E-state index is 10.7. The molecule has 16 heavy (non-hydrogen) atoms. The Kier molecular flexibility index (Phi) is 2.27. The summed E-state index contributed by atoms with van der Waals surface area (Å²) in [5.41, 5.74) is 0.693. The number of aliphatic hydroxyl groups excluding tert-OH is 1. The Bertz CT molecular complexity index is 442. The van der Waals surface area contributed by atoms with Crippen LogP contribution in [0.2, 0.25) is 0 Å². The molecule has 0 spiro atoms. The topological polar surface area (TPSA) is 63.4 Å². The Balaban J connectivity index is 2.42. The number of hydrogen-bond donors (Lipinski definition) is 1. The van der Waals surface area contributed by atoms with E-state index in [9.17, 15) is 15.2 Å². The third kappa shape index (κ3) is 1.41. The fourth-order valence-corrected chi connectivity index (χ4v) is 2.48. The van der Waals surface area contributed by atoms with Crippen LogP contribution in [0.4, 0.5) is 5.69 Å². The molecule has 0 amide bonds. The predicted molar refractivity (Wildman–Crippen MR) is 60.3 cm³/mol. The van der Waals surface area contributed by atoms with E-state index in [1.807, 2.05) is 6.07 Å². The quantitative estimate of drug-likeness (QED) is 0.629. The first kappa shape index (κ1) is 11.1. The smallest absolute Gasteiger partial charge is 0.269 e. The molecule has 1 aromatic rings. The molecule has 1 N–H and O–H groups in total. The third-order valence-electron chi connectivity index (χ3n) is 3.79. The van der Waals surface area contributed by atoms with Crippen molar-refractivity contribution in [3.8, 4) is 0 Å². The van der Waals surface area contributed by atoms with E-state index < -0.39 is 4.92 Å². The Morgan fingerprint density at radius 2 is 2.12 bits per heavy atom. The van der Waals surface area contributed by atoms with Crippen LogP contribution in [0.15, 0.2) is 24.3 Å². The third-order valence-corrected chi connectivity index (χ3v) is 3.79. The summed E-state index contributed by atoms with van der Waals surface area (Å²) in [5.74, 6) is 0. The number of hydrogen-bond acceptors (Lipinski definition) is 3. The van der Waals surface area contributed by atoms with Gasteiger partial charge in [-0.15, -0.1) is 0 Å². The summed E-state index contributed by atoms with van der Waals surface area (Å²) in [6, 6.07) is 6.59. The summed E-state index contributed by atoms with van der Waals surface area (Å²) >= 11 is 0. The molecule has 1 fully saturated rings. The number of rotatable bonds is 3. The Labute approximate surface area is 94.1 Å². The number of benzene rings is 1. The van der Waals surface area contributed by atoms with Crippen molar-refractivity contribution in [3.05, 3.63) is 39.9 Å². The molecule has 1 aliphatic carbocycles. The lowest BCUT2D eigenvalue weighted by molar-refractivity contribution is -0.384. The Hall–Kier alpha value is -1.42. The standard InChI is InChI=1S/C12H15NO3/c1-11(2)7-12(11,8-14)9-4-3-5-10(6-9)13(15)16/h3-6,14H,7-8H2,1-2H3. The van der Waals surface area contributed by atoms with Crippen LogP contribution in [0.25, 0.3) is 0 Å². The largest absolute Gasteiger partial charge is 0.395 e. The van der Waals surface area contributed by atoms with Crippen LogP contribution in [0.5, 0.6) is 0 Å². The van der Waals surface area contributed by atoms with Gasteiger partial charge in [-0.3, -0.25) is 10.1 Å². The molecule has 1 atom stereocenters. The normalized spacial score (nSPS) is 26.4. The molecule has 1 saturated carbocycles. The first-order valence-electron chi connectivity index (χ1n) is 5.29. The van der Waals surface area contributed by atoms with Crippen LogP contribution in [-0.4, -0.2) is 16.6 Å². The van der Waals surface area contributed by atoms with Gasteiger partial charge in [-0.2, -0.15) is 0 Å². The van der Waals surface area contributed by atoms with Gasteiger partial charge >= 0.3 is 0 Å². The first-order chi connectivity index (χ1) is 7.43. The number of nitro benzene ring substituents is 1. The molecule has 4 heteroatoms. The first-order valence-corrected chi connectivity index (χ1v) is 5.29. The highest BCUT2D eigenvalue weighted by atomic mass is 16.6. The predicted octanol–water partition coefficient (Wildman–Crippen LogP) is 2.25. The van der Waals surface area contributed by atoms with Crippen molar-refractivity contribution in [2.24, 2.45) is 5.41 Å². The molecule has 1 aromatic carbocycles. The molecule has 0 saturated heterocycles. The molecule has 0 aliphatic heterocycles. The lowest BCUT2D eigenvalue weighted by Crippen LogP contribution is -2.19. The molecule has 86 valence electrons. The van der Waals surface area contributed by atoms with E-state index in [1.54, 1.807) is 12.1 Å². The molecule has 0 heterocycles. The number of aliphatic hydroxyl groups is 1.